The zero-order valence-corrected chi connectivity index (χ0v) is 18.6. The number of hydrogen-bond acceptors (Lipinski definition) is 7. The van der Waals surface area contributed by atoms with Gasteiger partial charge in [0.25, 0.3) is 0 Å². The van der Waals surface area contributed by atoms with Crippen molar-refractivity contribution >= 4 is 28.6 Å². The second-order valence-corrected chi connectivity index (χ2v) is 7.74. The van der Waals surface area contributed by atoms with E-state index in [2.05, 4.69) is 33.6 Å². The summed E-state index contributed by atoms with van der Waals surface area (Å²) in [5.74, 6) is 2.48. The molecule has 0 saturated heterocycles. The summed E-state index contributed by atoms with van der Waals surface area (Å²) in [6.45, 7) is 1.35. The number of rotatable bonds is 9. The molecule has 0 radical (unpaired) electrons. The highest BCUT2D eigenvalue weighted by Crippen LogP contribution is 2.25. The van der Waals surface area contributed by atoms with Gasteiger partial charge in [0.1, 0.15) is 17.3 Å². The molecule has 0 aliphatic heterocycles. The number of fused-ring (bicyclic) bond motifs is 1. The third-order valence-electron chi connectivity index (χ3n) is 5.00. The lowest BCUT2D eigenvalue weighted by atomic mass is 10.1. The van der Waals surface area contributed by atoms with E-state index in [-0.39, 0.29) is 0 Å². The van der Waals surface area contributed by atoms with Crippen molar-refractivity contribution in [2.24, 2.45) is 0 Å². The molecule has 0 unspecified atom stereocenters. The number of nitrogens with zero attached hydrogens (tertiary/aromatic N) is 4. The third kappa shape index (κ3) is 4.91. The minimum absolute atomic E-state index is 0.631. The summed E-state index contributed by atoms with van der Waals surface area (Å²) in [5, 5.41) is 9.65. The average Bonchev–Trinajstić information content (AvgIpc) is 3.24. The average molecular weight is 436 g/mol. The van der Waals surface area contributed by atoms with E-state index >= 15 is 0 Å². The van der Waals surface area contributed by atoms with Crippen LogP contribution in [-0.4, -0.2) is 40.2 Å². The van der Waals surface area contributed by atoms with Gasteiger partial charge in [-0.2, -0.15) is 5.10 Å². The topological polar surface area (TPSA) is 74.1 Å². The van der Waals surface area contributed by atoms with Gasteiger partial charge < -0.3 is 14.8 Å². The SMILES string of the molecule is COc1cccc(CCn2ncc3c(NCc4cccc(OC)c4)nc(SC)nc32)c1. The quantitative estimate of drug-likeness (QED) is 0.308. The molecule has 0 spiro atoms. The van der Waals surface area contributed by atoms with Crippen molar-refractivity contribution in [2.45, 2.75) is 24.7 Å². The fourth-order valence-corrected chi connectivity index (χ4v) is 3.72. The normalized spacial score (nSPS) is 10.9. The maximum absolute atomic E-state index is 5.32. The van der Waals surface area contributed by atoms with Gasteiger partial charge in [-0.1, -0.05) is 36.0 Å². The maximum atomic E-state index is 5.32. The monoisotopic (exact) mass is 435 g/mol. The fraction of sp³-hybridized carbons (Fsp3) is 0.261. The second-order valence-electron chi connectivity index (χ2n) is 6.97. The van der Waals surface area contributed by atoms with Crippen LogP contribution in [0.2, 0.25) is 0 Å². The molecule has 1 N–H and O–H groups in total. The molecule has 31 heavy (non-hydrogen) atoms. The molecular weight excluding hydrogens is 410 g/mol. The van der Waals surface area contributed by atoms with Crippen molar-refractivity contribution in [3.8, 4) is 11.5 Å². The number of benzene rings is 2. The van der Waals surface area contributed by atoms with Gasteiger partial charge >= 0.3 is 0 Å². The van der Waals surface area contributed by atoms with Crippen LogP contribution >= 0.6 is 11.8 Å². The summed E-state index contributed by atoms with van der Waals surface area (Å²) in [5.41, 5.74) is 3.14. The molecule has 2 aromatic carbocycles. The smallest absolute Gasteiger partial charge is 0.191 e. The van der Waals surface area contributed by atoms with Crippen LogP contribution in [0.15, 0.2) is 59.9 Å². The largest absolute Gasteiger partial charge is 0.497 e. The van der Waals surface area contributed by atoms with E-state index in [1.165, 1.54) is 17.3 Å². The van der Waals surface area contributed by atoms with E-state index in [0.29, 0.717) is 11.7 Å². The van der Waals surface area contributed by atoms with Crippen LogP contribution in [0.3, 0.4) is 0 Å². The van der Waals surface area contributed by atoms with Crippen molar-refractivity contribution in [1.82, 2.24) is 19.7 Å². The highest BCUT2D eigenvalue weighted by atomic mass is 32.2. The minimum atomic E-state index is 0.631. The first-order valence-corrected chi connectivity index (χ1v) is 11.2. The molecule has 0 bridgehead atoms. The van der Waals surface area contributed by atoms with Crippen LogP contribution in [0, 0.1) is 0 Å². The summed E-state index contributed by atoms with van der Waals surface area (Å²) in [4.78, 5) is 9.38. The zero-order chi connectivity index (χ0) is 21.6. The van der Waals surface area contributed by atoms with Crippen molar-refractivity contribution in [3.05, 3.63) is 65.9 Å². The van der Waals surface area contributed by atoms with Crippen LogP contribution in [0.5, 0.6) is 11.5 Å². The summed E-state index contributed by atoms with van der Waals surface area (Å²) >= 11 is 1.52. The number of methoxy groups -OCH3 is 2. The molecule has 0 amide bonds. The van der Waals surface area contributed by atoms with E-state index in [1.807, 2.05) is 47.5 Å². The first-order valence-electron chi connectivity index (χ1n) is 9.97. The summed E-state index contributed by atoms with van der Waals surface area (Å²) in [6.07, 6.45) is 4.64. The van der Waals surface area contributed by atoms with Gasteiger partial charge in [-0.3, -0.25) is 0 Å². The van der Waals surface area contributed by atoms with Gasteiger partial charge in [0, 0.05) is 13.1 Å². The highest BCUT2D eigenvalue weighted by molar-refractivity contribution is 7.98. The van der Waals surface area contributed by atoms with E-state index in [4.69, 9.17) is 14.5 Å². The lowest BCUT2D eigenvalue weighted by Gasteiger charge is -2.10. The minimum Gasteiger partial charge on any atom is -0.497 e. The Morgan fingerprint density at radius 2 is 1.68 bits per heavy atom. The van der Waals surface area contributed by atoms with Gasteiger partial charge in [-0.05, 0) is 48.1 Å². The summed E-state index contributed by atoms with van der Waals surface area (Å²) in [7, 11) is 3.35. The molecule has 2 heterocycles. The Morgan fingerprint density at radius 3 is 2.39 bits per heavy atom. The Morgan fingerprint density at radius 1 is 0.968 bits per heavy atom. The Hall–Kier alpha value is -3.26. The third-order valence-corrected chi connectivity index (χ3v) is 5.55. The Kier molecular flexibility index (Phi) is 6.57. The van der Waals surface area contributed by atoms with Crippen LogP contribution in [0.25, 0.3) is 11.0 Å². The Labute approximate surface area is 185 Å². The number of anilines is 1. The Balaban J connectivity index is 1.56. The number of aromatic nitrogens is 4. The standard InChI is InChI=1S/C23H25N5O2S/c1-29-18-8-4-6-16(12-18)10-11-28-22-20(15-25-28)21(26-23(27-22)31-3)24-14-17-7-5-9-19(13-17)30-2/h4-9,12-13,15H,10-11,14H2,1-3H3,(H,24,26,27). The molecule has 4 aromatic rings. The van der Waals surface area contributed by atoms with E-state index < -0.39 is 0 Å². The second kappa shape index (κ2) is 9.70. The van der Waals surface area contributed by atoms with E-state index in [0.717, 1.165) is 46.9 Å². The first-order chi connectivity index (χ1) is 15.2. The molecule has 160 valence electrons. The predicted octanol–water partition coefficient (Wildman–Crippen LogP) is 4.42. The lowest BCUT2D eigenvalue weighted by Crippen LogP contribution is -2.07. The van der Waals surface area contributed by atoms with E-state index in [1.54, 1.807) is 14.2 Å². The van der Waals surface area contributed by atoms with Crippen molar-refractivity contribution in [3.63, 3.8) is 0 Å². The number of nitrogens with one attached hydrogen (secondary N) is 1. The maximum Gasteiger partial charge on any atom is 0.191 e. The van der Waals surface area contributed by atoms with Crippen molar-refractivity contribution in [2.75, 3.05) is 25.8 Å². The molecule has 0 aliphatic rings. The van der Waals surface area contributed by atoms with Gasteiger partial charge in [-0.25, -0.2) is 14.6 Å². The van der Waals surface area contributed by atoms with Crippen LogP contribution in [0.4, 0.5) is 5.82 Å². The fourth-order valence-electron chi connectivity index (χ4n) is 3.36. The number of aryl methyl sites for hydroxylation is 2. The summed E-state index contributed by atoms with van der Waals surface area (Å²) in [6, 6.07) is 16.1. The molecule has 4 rings (SSSR count). The van der Waals surface area contributed by atoms with Crippen LogP contribution in [-0.2, 0) is 19.5 Å². The number of ether oxygens (including phenoxy) is 2. The molecule has 0 atom stereocenters. The number of thioether (sulfide) groups is 1. The van der Waals surface area contributed by atoms with Crippen molar-refractivity contribution in [1.29, 1.82) is 0 Å². The highest BCUT2D eigenvalue weighted by Gasteiger charge is 2.13. The predicted molar refractivity (Wildman–Crippen MR) is 124 cm³/mol. The van der Waals surface area contributed by atoms with Gasteiger partial charge in [-0.15, -0.1) is 0 Å². The molecule has 8 heteroatoms. The molecule has 0 fully saturated rings. The molecule has 0 saturated carbocycles. The number of hydrogen-bond donors (Lipinski definition) is 1. The van der Waals surface area contributed by atoms with Crippen LogP contribution in [0.1, 0.15) is 11.1 Å². The molecule has 2 aromatic heterocycles. The van der Waals surface area contributed by atoms with Crippen LogP contribution < -0.4 is 14.8 Å². The van der Waals surface area contributed by atoms with Crippen molar-refractivity contribution < 1.29 is 9.47 Å². The Bertz CT molecular complexity index is 1180. The summed E-state index contributed by atoms with van der Waals surface area (Å²) < 4.78 is 12.6. The van der Waals surface area contributed by atoms with Gasteiger partial charge in [0.05, 0.1) is 25.8 Å². The van der Waals surface area contributed by atoms with Gasteiger partial charge in [0.15, 0.2) is 10.8 Å². The zero-order valence-electron chi connectivity index (χ0n) is 17.8. The van der Waals surface area contributed by atoms with E-state index in [9.17, 15) is 0 Å². The first kappa shape index (κ1) is 21.0. The van der Waals surface area contributed by atoms with Gasteiger partial charge in [0.2, 0.25) is 0 Å². The lowest BCUT2D eigenvalue weighted by molar-refractivity contribution is 0.414. The molecule has 7 nitrogen and oxygen atoms in total. The molecular formula is C23H25N5O2S. The molecule has 0 aliphatic carbocycles.